The second-order valence-corrected chi connectivity index (χ2v) is 6.23. The summed E-state index contributed by atoms with van der Waals surface area (Å²) in [6.45, 7) is 7.68. The third-order valence-corrected chi connectivity index (χ3v) is 4.95. The van der Waals surface area contributed by atoms with Gasteiger partial charge in [-0.2, -0.15) is 0 Å². The zero-order chi connectivity index (χ0) is 14.8. The Bertz CT molecular complexity index is 629. The van der Waals surface area contributed by atoms with Crippen LogP contribution < -0.4 is 5.32 Å². The van der Waals surface area contributed by atoms with Crippen LogP contribution in [-0.4, -0.2) is 6.54 Å². The Morgan fingerprint density at radius 2 is 1.90 bits per heavy atom. The van der Waals surface area contributed by atoms with Crippen LogP contribution in [0.5, 0.6) is 0 Å². The van der Waals surface area contributed by atoms with Crippen LogP contribution in [0.4, 0.5) is 0 Å². The lowest BCUT2D eigenvalue weighted by Crippen LogP contribution is -2.27. The lowest BCUT2D eigenvalue weighted by atomic mass is 9.73. The number of aryl methyl sites for hydroxylation is 1. The van der Waals surface area contributed by atoms with Crippen molar-refractivity contribution in [3.8, 4) is 0 Å². The first-order valence-corrected chi connectivity index (χ1v) is 8.08. The van der Waals surface area contributed by atoms with E-state index in [0.717, 1.165) is 6.54 Å². The summed E-state index contributed by atoms with van der Waals surface area (Å²) in [6.07, 6.45) is 2.44. The Morgan fingerprint density at radius 1 is 1.10 bits per heavy atom. The lowest BCUT2D eigenvalue weighted by molar-refractivity contribution is 0.434. The molecule has 1 heteroatoms. The number of fused-ring (bicyclic) bond motifs is 1. The van der Waals surface area contributed by atoms with E-state index in [0.29, 0.717) is 12.0 Å². The molecule has 0 amide bonds. The molecule has 0 aromatic heterocycles. The predicted molar refractivity (Wildman–Crippen MR) is 89.8 cm³/mol. The van der Waals surface area contributed by atoms with Crippen molar-refractivity contribution in [2.45, 2.75) is 45.6 Å². The van der Waals surface area contributed by atoms with Gasteiger partial charge in [0.05, 0.1) is 0 Å². The molecule has 1 N–H and O–H groups in total. The summed E-state index contributed by atoms with van der Waals surface area (Å²) >= 11 is 0. The van der Waals surface area contributed by atoms with Crippen LogP contribution in [0.3, 0.4) is 0 Å². The maximum absolute atomic E-state index is 3.70. The summed E-state index contributed by atoms with van der Waals surface area (Å²) in [7, 11) is 0. The molecule has 0 aliphatic heterocycles. The Labute approximate surface area is 128 Å². The molecule has 21 heavy (non-hydrogen) atoms. The molecule has 0 bridgehead atoms. The third kappa shape index (κ3) is 2.75. The number of hydrogen-bond donors (Lipinski definition) is 1. The quantitative estimate of drug-likeness (QED) is 0.837. The summed E-state index contributed by atoms with van der Waals surface area (Å²) in [4.78, 5) is 0. The summed E-state index contributed by atoms with van der Waals surface area (Å²) in [5, 5.41) is 3.70. The second-order valence-electron chi connectivity index (χ2n) is 6.23. The second kappa shape index (κ2) is 6.03. The summed E-state index contributed by atoms with van der Waals surface area (Å²) in [5.41, 5.74) is 7.41. The van der Waals surface area contributed by atoms with Crippen molar-refractivity contribution >= 4 is 0 Å². The third-order valence-electron chi connectivity index (χ3n) is 4.95. The van der Waals surface area contributed by atoms with Gasteiger partial charge in [-0.15, -0.1) is 0 Å². The fraction of sp³-hybridized carbons (Fsp3) is 0.400. The molecule has 0 radical (unpaired) electrons. The number of hydrogen-bond acceptors (Lipinski definition) is 1. The molecule has 2 atom stereocenters. The van der Waals surface area contributed by atoms with Gasteiger partial charge < -0.3 is 5.32 Å². The van der Waals surface area contributed by atoms with E-state index >= 15 is 0 Å². The fourth-order valence-electron chi connectivity index (χ4n) is 3.58. The number of nitrogens with one attached hydrogen (secondary N) is 1. The van der Waals surface area contributed by atoms with Gasteiger partial charge in [0.15, 0.2) is 0 Å². The van der Waals surface area contributed by atoms with Gasteiger partial charge in [0.1, 0.15) is 0 Å². The number of rotatable bonds is 5. The normalized spacial score (nSPS) is 18.0. The van der Waals surface area contributed by atoms with Crippen molar-refractivity contribution in [3.05, 3.63) is 70.3 Å². The first-order valence-electron chi connectivity index (χ1n) is 8.08. The standard InChI is InChI=1S/C20H25N/c1-4-21-20(18-11-7-8-14(2)15(18)3)13-17-12-16-9-5-6-10-19(16)17/h5-11,17,20-21H,4,12-13H2,1-3H3. The van der Waals surface area contributed by atoms with Crippen molar-refractivity contribution < 1.29 is 0 Å². The Kier molecular flexibility index (Phi) is 4.12. The highest BCUT2D eigenvalue weighted by Crippen LogP contribution is 2.41. The van der Waals surface area contributed by atoms with Crippen LogP contribution in [0.2, 0.25) is 0 Å². The minimum atomic E-state index is 0.466. The molecule has 2 aromatic carbocycles. The first kappa shape index (κ1) is 14.3. The van der Waals surface area contributed by atoms with Crippen LogP contribution in [0.15, 0.2) is 42.5 Å². The molecule has 1 aliphatic rings. The lowest BCUT2D eigenvalue weighted by Gasteiger charge is -2.34. The molecule has 1 nitrogen and oxygen atoms in total. The molecule has 0 fully saturated rings. The largest absolute Gasteiger partial charge is 0.310 e. The molecule has 2 unspecified atom stereocenters. The molecule has 0 saturated carbocycles. The molecular formula is C20H25N. The molecule has 0 heterocycles. The van der Waals surface area contributed by atoms with Crippen LogP contribution >= 0.6 is 0 Å². The topological polar surface area (TPSA) is 12.0 Å². The Hall–Kier alpha value is -1.60. The van der Waals surface area contributed by atoms with Crippen molar-refractivity contribution in [2.24, 2.45) is 0 Å². The highest BCUT2D eigenvalue weighted by molar-refractivity contribution is 5.41. The zero-order valence-electron chi connectivity index (χ0n) is 13.3. The summed E-state index contributed by atoms with van der Waals surface area (Å²) < 4.78 is 0. The predicted octanol–water partition coefficient (Wildman–Crippen LogP) is 4.68. The monoisotopic (exact) mass is 279 g/mol. The molecule has 0 spiro atoms. The van der Waals surface area contributed by atoms with E-state index in [1.807, 2.05) is 0 Å². The van der Waals surface area contributed by atoms with E-state index in [4.69, 9.17) is 0 Å². The Morgan fingerprint density at radius 3 is 2.67 bits per heavy atom. The van der Waals surface area contributed by atoms with Gasteiger partial charge in [-0.3, -0.25) is 0 Å². The van der Waals surface area contributed by atoms with E-state index in [1.165, 1.54) is 29.5 Å². The van der Waals surface area contributed by atoms with E-state index in [-0.39, 0.29) is 0 Å². The molecule has 2 aromatic rings. The minimum absolute atomic E-state index is 0.466. The van der Waals surface area contributed by atoms with Crippen molar-refractivity contribution in [1.29, 1.82) is 0 Å². The highest BCUT2D eigenvalue weighted by Gasteiger charge is 2.28. The van der Waals surface area contributed by atoms with Crippen LogP contribution in [0.1, 0.15) is 53.1 Å². The van der Waals surface area contributed by atoms with Gasteiger partial charge in [-0.25, -0.2) is 0 Å². The highest BCUT2D eigenvalue weighted by atomic mass is 14.9. The van der Waals surface area contributed by atoms with Crippen molar-refractivity contribution in [1.82, 2.24) is 5.32 Å². The van der Waals surface area contributed by atoms with E-state index < -0.39 is 0 Å². The van der Waals surface area contributed by atoms with Gasteiger partial charge >= 0.3 is 0 Å². The molecule has 3 rings (SSSR count). The fourth-order valence-corrected chi connectivity index (χ4v) is 3.58. The Balaban J connectivity index is 1.82. The average molecular weight is 279 g/mol. The first-order chi connectivity index (χ1) is 10.2. The zero-order valence-corrected chi connectivity index (χ0v) is 13.3. The van der Waals surface area contributed by atoms with E-state index in [2.05, 4.69) is 68.6 Å². The number of benzene rings is 2. The minimum Gasteiger partial charge on any atom is -0.310 e. The van der Waals surface area contributed by atoms with Crippen LogP contribution in [-0.2, 0) is 6.42 Å². The van der Waals surface area contributed by atoms with E-state index in [9.17, 15) is 0 Å². The van der Waals surface area contributed by atoms with Crippen LogP contribution in [0, 0.1) is 13.8 Å². The molecule has 110 valence electrons. The van der Waals surface area contributed by atoms with Gasteiger partial charge in [0.2, 0.25) is 0 Å². The summed E-state index contributed by atoms with van der Waals surface area (Å²) in [6, 6.07) is 16.1. The molecule has 0 saturated heterocycles. The van der Waals surface area contributed by atoms with Crippen molar-refractivity contribution in [3.63, 3.8) is 0 Å². The van der Waals surface area contributed by atoms with Gasteiger partial charge in [-0.1, -0.05) is 49.4 Å². The smallest absolute Gasteiger partial charge is 0.0328 e. The van der Waals surface area contributed by atoms with E-state index in [1.54, 1.807) is 11.1 Å². The SMILES string of the molecule is CCNC(CC1Cc2ccccc21)c1cccc(C)c1C. The van der Waals surface area contributed by atoms with Gasteiger partial charge in [0.25, 0.3) is 0 Å². The van der Waals surface area contributed by atoms with Crippen LogP contribution in [0.25, 0.3) is 0 Å². The van der Waals surface area contributed by atoms with Crippen molar-refractivity contribution in [2.75, 3.05) is 6.54 Å². The molecular weight excluding hydrogens is 254 g/mol. The molecule has 1 aliphatic carbocycles. The van der Waals surface area contributed by atoms with Gasteiger partial charge in [-0.05, 0) is 67.0 Å². The maximum atomic E-state index is 3.70. The van der Waals surface area contributed by atoms with Gasteiger partial charge in [0, 0.05) is 6.04 Å². The average Bonchev–Trinajstić information content (AvgIpc) is 2.47. The maximum Gasteiger partial charge on any atom is 0.0328 e. The summed E-state index contributed by atoms with van der Waals surface area (Å²) in [5.74, 6) is 0.713.